The van der Waals surface area contributed by atoms with Gasteiger partial charge in [-0.25, -0.2) is 4.79 Å². The number of hydrogen-bond acceptors (Lipinski definition) is 4. The Bertz CT molecular complexity index is 546. The SMILES string of the molecule is COC(=O)c1ccc(C(F)(F)F)cc1N[C@H]1CCCC[C@@H]1N. The number of carbonyl (C=O) groups excluding carboxylic acids is 1. The molecule has 22 heavy (non-hydrogen) atoms. The molecule has 0 aromatic heterocycles. The normalized spacial score (nSPS) is 22.2. The summed E-state index contributed by atoms with van der Waals surface area (Å²) in [5.74, 6) is -0.680. The van der Waals surface area contributed by atoms with Gasteiger partial charge in [0.15, 0.2) is 0 Å². The lowest BCUT2D eigenvalue weighted by atomic mass is 9.90. The number of benzene rings is 1. The Hall–Kier alpha value is -1.76. The van der Waals surface area contributed by atoms with Crippen molar-refractivity contribution < 1.29 is 22.7 Å². The summed E-state index contributed by atoms with van der Waals surface area (Å²) in [5.41, 5.74) is 5.39. The van der Waals surface area contributed by atoms with Crippen LogP contribution in [0.15, 0.2) is 18.2 Å². The molecule has 1 aromatic rings. The Morgan fingerprint density at radius 1 is 1.32 bits per heavy atom. The molecule has 1 aliphatic carbocycles. The summed E-state index contributed by atoms with van der Waals surface area (Å²) in [6.07, 6.45) is -0.939. The van der Waals surface area contributed by atoms with Crippen molar-refractivity contribution in [3.05, 3.63) is 29.3 Å². The summed E-state index contributed by atoms with van der Waals surface area (Å²) in [5, 5.41) is 3.00. The molecule has 7 heteroatoms. The smallest absolute Gasteiger partial charge is 0.416 e. The van der Waals surface area contributed by atoms with Gasteiger partial charge < -0.3 is 15.8 Å². The van der Waals surface area contributed by atoms with Crippen molar-refractivity contribution in [3.8, 4) is 0 Å². The maximum Gasteiger partial charge on any atom is 0.416 e. The van der Waals surface area contributed by atoms with E-state index in [1.54, 1.807) is 0 Å². The predicted molar refractivity (Wildman–Crippen MR) is 76.6 cm³/mol. The van der Waals surface area contributed by atoms with Crippen molar-refractivity contribution in [3.63, 3.8) is 0 Å². The molecule has 0 spiro atoms. The van der Waals surface area contributed by atoms with Crippen molar-refractivity contribution in [2.75, 3.05) is 12.4 Å². The summed E-state index contributed by atoms with van der Waals surface area (Å²) in [6.45, 7) is 0. The van der Waals surface area contributed by atoms with Gasteiger partial charge in [0, 0.05) is 17.8 Å². The third-order valence-electron chi connectivity index (χ3n) is 3.91. The average molecular weight is 316 g/mol. The van der Waals surface area contributed by atoms with E-state index < -0.39 is 17.7 Å². The first-order valence-electron chi connectivity index (χ1n) is 7.14. The van der Waals surface area contributed by atoms with Gasteiger partial charge in [-0.15, -0.1) is 0 Å². The third-order valence-corrected chi connectivity index (χ3v) is 3.91. The number of esters is 1. The van der Waals surface area contributed by atoms with Crippen LogP contribution >= 0.6 is 0 Å². The van der Waals surface area contributed by atoms with Crippen LogP contribution in [0.3, 0.4) is 0 Å². The number of methoxy groups -OCH3 is 1. The van der Waals surface area contributed by atoms with Crippen molar-refractivity contribution in [2.24, 2.45) is 5.73 Å². The van der Waals surface area contributed by atoms with Crippen molar-refractivity contribution in [1.29, 1.82) is 0 Å². The molecule has 2 atom stereocenters. The fourth-order valence-corrected chi connectivity index (χ4v) is 2.67. The van der Waals surface area contributed by atoms with Crippen LogP contribution in [0.1, 0.15) is 41.6 Å². The standard InChI is InChI=1S/C15H19F3N2O2/c1-22-14(21)10-7-6-9(15(16,17)18)8-13(10)20-12-5-3-2-4-11(12)19/h6-8,11-12,20H,2-5,19H2,1H3/t11-,12-/m0/s1. The molecule has 1 aromatic carbocycles. The highest BCUT2D eigenvalue weighted by Crippen LogP contribution is 2.33. The largest absolute Gasteiger partial charge is 0.465 e. The van der Waals surface area contributed by atoms with Crippen LogP contribution in [0.4, 0.5) is 18.9 Å². The summed E-state index contributed by atoms with van der Waals surface area (Å²) in [4.78, 5) is 11.7. The maximum absolute atomic E-state index is 12.9. The minimum Gasteiger partial charge on any atom is -0.465 e. The van der Waals surface area contributed by atoms with Crippen molar-refractivity contribution in [1.82, 2.24) is 0 Å². The molecule has 0 bridgehead atoms. The van der Waals surface area contributed by atoms with E-state index >= 15 is 0 Å². The fraction of sp³-hybridized carbons (Fsp3) is 0.533. The molecule has 0 amide bonds. The molecule has 0 heterocycles. The molecule has 0 saturated heterocycles. The lowest BCUT2D eigenvalue weighted by molar-refractivity contribution is -0.137. The summed E-state index contributed by atoms with van der Waals surface area (Å²) in [7, 11) is 1.19. The van der Waals surface area contributed by atoms with Crippen LogP contribution in [0.25, 0.3) is 0 Å². The minimum atomic E-state index is -4.47. The Balaban J connectivity index is 2.34. The van der Waals surface area contributed by atoms with E-state index in [-0.39, 0.29) is 23.3 Å². The highest BCUT2D eigenvalue weighted by Gasteiger charge is 2.32. The lowest BCUT2D eigenvalue weighted by Crippen LogP contribution is -2.42. The molecular formula is C15H19F3N2O2. The fourth-order valence-electron chi connectivity index (χ4n) is 2.67. The molecule has 1 saturated carbocycles. The molecule has 3 N–H and O–H groups in total. The Morgan fingerprint density at radius 3 is 2.59 bits per heavy atom. The lowest BCUT2D eigenvalue weighted by Gasteiger charge is -2.31. The molecule has 0 unspecified atom stereocenters. The van der Waals surface area contributed by atoms with E-state index in [2.05, 4.69) is 10.1 Å². The van der Waals surface area contributed by atoms with E-state index in [4.69, 9.17) is 5.73 Å². The Kier molecular flexibility index (Phi) is 4.95. The van der Waals surface area contributed by atoms with Gasteiger partial charge in [0.1, 0.15) is 0 Å². The van der Waals surface area contributed by atoms with Crippen LogP contribution in [0.5, 0.6) is 0 Å². The van der Waals surface area contributed by atoms with Crippen molar-refractivity contribution in [2.45, 2.75) is 43.9 Å². The van der Waals surface area contributed by atoms with Gasteiger partial charge in [-0.05, 0) is 31.0 Å². The number of ether oxygens (including phenoxy) is 1. The highest BCUT2D eigenvalue weighted by atomic mass is 19.4. The second-order valence-electron chi connectivity index (χ2n) is 5.45. The Morgan fingerprint density at radius 2 is 2.00 bits per heavy atom. The van der Waals surface area contributed by atoms with Crippen LogP contribution in [-0.2, 0) is 10.9 Å². The third kappa shape index (κ3) is 3.71. The zero-order chi connectivity index (χ0) is 16.3. The van der Waals surface area contributed by atoms with Crippen LogP contribution in [0, 0.1) is 0 Å². The molecule has 2 rings (SSSR count). The topological polar surface area (TPSA) is 64.3 Å². The second kappa shape index (κ2) is 6.56. The first kappa shape index (κ1) is 16.6. The summed E-state index contributed by atoms with van der Waals surface area (Å²) in [6, 6.07) is 2.64. The van der Waals surface area contributed by atoms with Gasteiger partial charge in [-0.3, -0.25) is 0 Å². The first-order chi connectivity index (χ1) is 10.3. The summed E-state index contributed by atoms with van der Waals surface area (Å²) >= 11 is 0. The van der Waals surface area contributed by atoms with Crippen LogP contribution in [-0.4, -0.2) is 25.2 Å². The van der Waals surface area contributed by atoms with Gasteiger partial charge in [0.05, 0.1) is 18.2 Å². The number of rotatable bonds is 3. The number of nitrogens with two attached hydrogens (primary N) is 1. The number of anilines is 1. The van der Waals surface area contributed by atoms with Gasteiger partial charge in [0.25, 0.3) is 0 Å². The molecule has 1 fully saturated rings. The minimum absolute atomic E-state index is 0.0771. The predicted octanol–water partition coefficient (Wildman–Crippen LogP) is 3.17. The average Bonchev–Trinajstić information content (AvgIpc) is 2.48. The van der Waals surface area contributed by atoms with Gasteiger partial charge in [-0.1, -0.05) is 12.8 Å². The van der Waals surface area contributed by atoms with E-state index in [0.717, 1.165) is 43.9 Å². The summed E-state index contributed by atoms with van der Waals surface area (Å²) < 4.78 is 43.2. The molecule has 4 nitrogen and oxygen atoms in total. The zero-order valence-corrected chi connectivity index (χ0v) is 12.2. The Labute approximate surface area is 126 Å². The molecular weight excluding hydrogens is 297 g/mol. The quantitative estimate of drug-likeness (QED) is 0.841. The zero-order valence-electron chi connectivity index (χ0n) is 12.2. The van der Waals surface area contributed by atoms with E-state index in [9.17, 15) is 18.0 Å². The van der Waals surface area contributed by atoms with Gasteiger partial charge in [-0.2, -0.15) is 13.2 Å². The number of halogens is 3. The van der Waals surface area contributed by atoms with E-state index in [1.807, 2.05) is 0 Å². The number of carbonyl (C=O) groups is 1. The van der Waals surface area contributed by atoms with E-state index in [0.29, 0.717) is 0 Å². The molecule has 0 aliphatic heterocycles. The molecule has 0 radical (unpaired) electrons. The molecule has 122 valence electrons. The van der Waals surface area contributed by atoms with Gasteiger partial charge in [0.2, 0.25) is 0 Å². The number of alkyl halides is 3. The molecule has 1 aliphatic rings. The van der Waals surface area contributed by atoms with E-state index in [1.165, 1.54) is 7.11 Å². The second-order valence-corrected chi connectivity index (χ2v) is 5.45. The first-order valence-corrected chi connectivity index (χ1v) is 7.14. The number of nitrogens with one attached hydrogen (secondary N) is 1. The van der Waals surface area contributed by atoms with Gasteiger partial charge >= 0.3 is 12.1 Å². The number of hydrogen-bond donors (Lipinski definition) is 2. The van der Waals surface area contributed by atoms with Crippen LogP contribution in [0.2, 0.25) is 0 Å². The highest BCUT2D eigenvalue weighted by molar-refractivity contribution is 5.95. The van der Waals surface area contributed by atoms with Crippen molar-refractivity contribution >= 4 is 11.7 Å². The maximum atomic E-state index is 12.9. The monoisotopic (exact) mass is 316 g/mol. The van der Waals surface area contributed by atoms with Crippen LogP contribution < -0.4 is 11.1 Å².